The van der Waals surface area contributed by atoms with Crippen LogP contribution < -0.4 is 5.32 Å². The Morgan fingerprint density at radius 2 is 1.90 bits per heavy atom. The third-order valence-corrected chi connectivity index (χ3v) is 4.55. The lowest BCUT2D eigenvalue weighted by Crippen LogP contribution is -2.45. The number of ketones is 1. The summed E-state index contributed by atoms with van der Waals surface area (Å²) in [6.45, 7) is 3.69. The van der Waals surface area contributed by atoms with Crippen LogP contribution in [0.4, 0.5) is 5.82 Å². The number of nitrogens with zero attached hydrogens (tertiary/aromatic N) is 4. The standard InChI is InChI=1S/C19H21N5O7/c1-5-6-20-17-12-18(22-7-21-17)24(8-23-12)19-16(30-11(4)27)15(29-10(3)26)14(31-19)13(28)9(2)25/h1,7-8,13-16,19,28H,6H2,2-4H3,(H,20,21,22)/t13?,14-,15-,16-,19-/m1/s1. The van der Waals surface area contributed by atoms with Gasteiger partial charge < -0.3 is 24.6 Å². The van der Waals surface area contributed by atoms with Gasteiger partial charge in [-0.05, 0) is 6.92 Å². The van der Waals surface area contributed by atoms with Crippen LogP contribution in [0.25, 0.3) is 11.2 Å². The molecule has 2 N–H and O–H groups in total. The van der Waals surface area contributed by atoms with Crippen molar-refractivity contribution in [3.05, 3.63) is 12.7 Å². The molecule has 0 radical (unpaired) electrons. The molecular weight excluding hydrogens is 410 g/mol. The average Bonchev–Trinajstić information content (AvgIpc) is 3.27. The SMILES string of the molecule is C#CCNc1ncnc2c1ncn2[C@@H]1O[C@H](C(O)C(C)=O)[C@@H](OC(C)=O)[C@H]1OC(C)=O. The molecular formula is C19H21N5O7. The zero-order valence-electron chi connectivity index (χ0n) is 17.0. The summed E-state index contributed by atoms with van der Waals surface area (Å²) >= 11 is 0. The van der Waals surface area contributed by atoms with Crippen molar-refractivity contribution < 1.29 is 33.7 Å². The highest BCUT2D eigenvalue weighted by molar-refractivity contribution is 5.83. The van der Waals surface area contributed by atoms with E-state index in [-0.39, 0.29) is 6.54 Å². The minimum absolute atomic E-state index is 0.205. The van der Waals surface area contributed by atoms with E-state index >= 15 is 0 Å². The van der Waals surface area contributed by atoms with E-state index in [0.717, 1.165) is 13.8 Å². The maximum absolute atomic E-state index is 11.8. The Kier molecular flexibility index (Phi) is 6.47. The molecule has 2 aromatic heterocycles. The van der Waals surface area contributed by atoms with Crippen molar-refractivity contribution in [1.29, 1.82) is 0 Å². The van der Waals surface area contributed by atoms with Crippen LogP contribution in [0.1, 0.15) is 27.0 Å². The summed E-state index contributed by atoms with van der Waals surface area (Å²) in [6, 6.07) is 0. The number of hydrogen-bond donors (Lipinski definition) is 2. The summed E-state index contributed by atoms with van der Waals surface area (Å²) in [4.78, 5) is 47.8. The Labute approximate surface area is 176 Å². The van der Waals surface area contributed by atoms with Crippen LogP contribution in [0.2, 0.25) is 0 Å². The molecule has 0 spiro atoms. The van der Waals surface area contributed by atoms with E-state index in [1.807, 2.05) is 0 Å². The number of carbonyl (C=O) groups excluding carboxylic acids is 3. The number of carbonyl (C=O) groups is 3. The van der Waals surface area contributed by atoms with E-state index in [4.69, 9.17) is 20.6 Å². The second-order valence-electron chi connectivity index (χ2n) is 6.80. The normalized spacial score (nSPS) is 23.7. The summed E-state index contributed by atoms with van der Waals surface area (Å²) in [5, 5.41) is 13.3. The van der Waals surface area contributed by atoms with Gasteiger partial charge in [0.2, 0.25) is 0 Å². The fourth-order valence-corrected chi connectivity index (χ4v) is 3.32. The van der Waals surface area contributed by atoms with E-state index in [1.54, 1.807) is 0 Å². The van der Waals surface area contributed by atoms with E-state index in [1.165, 1.54) is 24.1 Å². The van der Waals surface area contributed by atoms with E-state index in [2.05, 4.69) is 26.2 Å². The van der Waals surface area contributed by atoms with Crippen LogP contribution >= 0.6 is 0 Å². The predicted molar refractivity (Wildman–Crippen MR) is 104 cm³/mol. The van der Waals surface area contributed by atoms with Crippen molar-refractivity contribution in [3.63, 3.8) is 0 Å². The van der Waals surface area contributed by atoms with Crippen molar-refractivity contribution in [3.8, 4) is 12.3 Å². The molecule has 5 atom stereocenters. The van der Waals surface area contributed by atoms with E-state index in [0.29, 0.717) is 17.0 Å². The van der Waals surface area contributed by atoms with Gasteiger partial charge >= 0.3 is 11.9 Å². The van der Waals surface area contributed by atoms with Crippen molar-refractivity contribution in [2.45, 2.75) is 51.4 Å². The first-order valence-corrected chi connectivity index (χ1v) is 9.27. The second-order valence-corrected chi connectivity index (χ2v) is 6.80. The number of imidazole rings is 1. The fourth-order valence-electron chi connectivity index (χ4n) is 3.32. The summed E-state index contributed by atoms with van der Waals surface area (Å²) in [6.07, 6.45) is 1.48. The number of fused-ring (bicyclic) bond motifs is 1. The zero-order valence-corrected chi connectivity index (χ0v) is 17.0. The number of terminal acetylenes is 1. The lowest BCUT2D eigenvalue weighted by atomic mass is 10.0. The van der Waals surface area contributed by atoms with Gasteiger partial charge in [-0.15, -0.1) is 6.42 Å². The molecule has 1 unspecified atom stereocenters. The van der Waals surface area contributed by atoms with Gasteiger partial charge in [0.15, 0.2) is 41.2 Å². The third-order valence-electron chi connectivity index (χ3n) is 4.55. The average molecular weight is 431 g/mol. The van der Waals surface area contributed by atoms with Crippen molar-refractivity contribution in [2.24, 2.45) is 0 Å². The molecule has 0 aliphatic carbocycles. The van der Waals surface area contributed by atoms with E-state index < -0.39 is 48.4 Å². The minimum Gasteiger partial charge on any atom is -0.455 e. The van der Waals surface area contributed by atoms with Gasteiger partial charge in [-0.3, -0.25) is 19.0 Å². The first-order valence-electron chi connectivity index (χ1n) is 9.27. The molecule has 164 valence electrons. The number of Topliss-reactive ketones (excluding diaryl/α,β-unsaturated/α-hetero) is 1. The molecule has 3 heterocycles. The van der Waals surface area contributed by atoms with Gasteiger partial charge in [0.25, 0.3) is 0 Å². The largest absolute Gasteiger partial charge is 0.455 e. The molecule has 3 rings (SSSR count). The van der Waals surface area contributed by atoms with Crippen LogP contribution in [-0.2, 0) is 28.6 Å². The van der Waals surface area contributed by atoms with Gasteiger partial charge in [-0.1, -0.05) is 5.92 Å². The number of aliphatic hydroxyl groups excluding tert-OH is 1. The molecule has 1 aliphatic rings. The molecule has 31 heavy (non-hydrogen) atoms. The number of rotatable bonds is 7. The van der Waals surface area contributed by atoms with Crippen LogP contribution in [0.3, 0.4) is 0 Å². The first-order chi connectivity index (χ1) is 14.7. The molecule has 1 aliphatic heterocycles. The lowest BCUT2D eigenvalue weighted by Gasteiger charge is -2.24. The van der Waals surface area contributed by atoms with Crippen molar-refractivity contribution in [1.82, 2.24) is 19.5 Å². The molecule has 0 saturated carbocycles. The van der Waals surface area contributed by atoms with Crippen LogP contribution in [0.5, 0.6) is 0 Å². The summed E-state index contributed by atoms with van der Waals surface area (Å²) in [5.74, 6) is 0.815. The first kappa shape index (κ1) is 22.1. The van der Waals surface area contributed by atoms with Gasteiger partial charge in [0.05, 0.1) is 12.9 Å². The highest BCUT2D eigenvalue weighted by Gasteiger charge is 2.53. The number of aliphatic hydroxyl groups is 1. The zero-order chi connectivity index (χ0) is 22.7. The summed E-state index contributed by atoms with van der Waals surface area (Å²) < 4.78 is 17.9. The van der Waals surface area contributed by atoms with Crippen LogP contribution in [0, 0.1) is 12.3 Å². The van der Waals surface area contributed by atoms with E-state index in [9.17, 15) is 19.5 Å². The Balaban J connectivity index is 2.07. The number of aromatic nitrogens is 4. The lowest BCUT2D eigenvalue weighted by molar-refractivity contribution is -0.167. The van der Waals surface area contributed by atoms with Crippen LogP contribution in [0.15, 0.2) is 12.7 Å². The maximum atomic E-state index is 11.8. The van der Waals surface area contributed by atoms with Crippen molar-refractivity contribution >= 4 is 34.7 Å². The molecule has 0 aromatic carbocycles. The van der Waals surface area contributed by atoms with Crippen molar-refractivity contribution in [2.75, 3.05) is 11.9 Å². The number of hydrogen-bond acceptors (Lipinski definition) is 11. The quantitative estimate of drug-likeness (QED) is 0.434. The number of ether oxygens (including phenoxy) is 3. The monoisotopic (exact) mass is 431 g/mol. The topological polar surface area (TPSA) is 155 Å². The molecule has 12 heteroatoms. The summed E-state index contributed by atoms with van der Waals surface area (Å²) in [5.41, 5.74) is 0.666. The minimum atomic E-state index is -1.62. The highest BCUT2D eigenvalue weighted by Crippen LogP contribution is 2.37. The maximum Gasteiger partial charge on any atom is 0.303 e. The molecule has 2 aromatic rings. The molecule has 12 nitrogen and oxygen atoms in total. The molecule has 1 saturated heterocycles. The highest BCUT2D eigenvalue weighted by atomic mass is 16.6. The molecule has 1 fully saturated rings. The van der Waals surface area contributed by atoms with Gasteiger partial charge in [-0.2, -0.15) is 0 Å². The molecule has 0 bridgehead atoms. The second kappa shape index (κ2) is 9.07. The summed E-state index contributed by atoms with van der Waals surface area (Å²) in [7, 11) is 0. The van der Waals surface area contributed by atoms with Gasteiger partial charge in [0.1, 0.15) is 18.5 Å². The number of nitrogens with one attached hydrogen (secondary N) is 1. The smallest absolute Gasteiger partial charge is 0.303 e. The molecule has 0 amide bonds. The Morgan fingerprint density at radius 3 is 2.52 bits per heavy atom. The van der Waals surface area contributed by atoms with Gasteiger partial charge in [0, 0.05) is 13.8 Å². The number of anilines is 1. The predicted octanol–water partition coefficient (Wildman–Crippen LogP) is -0.418. The van der Waals surface area contributed by atoms with Crippen LogP contribution in [-0.4, -0.2) is 73.3 Å². The van der Waals surface area contributed by atoms with Gasteiger partial charge in [-0.25, -0.2) is 15.0 Å². The number of esters is 2. The fraction of sp³-hybridized carbons (Fsp3) is 0.474. The third kappa shape index (κ3) is 4.47. The Bertz CT molecular complexity index is 1050. The Hall–Kier alpha value is -3.56. The Morgan fingerprint density at radius 1 is 1.23 bits per heavy atom.